The van der Waals surface area contributed by atoms with Crippen molar-refractivity contribution >= 4 is 0 Å². The molecule has 2 heterocycles. The number of aromatic nitrogens is 1. The fourth-order valence-corrected chi connectivity index (χ4v) is 2.08. The number of nitrogens with two attached hydrogens (primary N) is 1. The molecule has 0 unspecified atom stereocenters. The normalized spacial score (nSPS) is 17.0. The van der Waals surface area contributed by atoms with E-state index in [4.69, 9.17) is 10.5 Å². The summed E-state index contributed by atoms with van der Waals surface area (Å²) in [5.41, 5.74) is 6.55. The topological polar surface area (TPSA) is 51.4 Å². The number of hydrogen-bond acceptors (Lipinski definition) is 4. The van der Waals surface area contributed by atoms with Crippen LogP contribution in [0.1, 0.15) is 24.8 Å². The van der Waals surface area contributed by atoms with Crippen molar-refractivity contribution in [2.24, 2.45) is 5.73 Å². The van der Waals surface area contributed by atoms with Crippen LogP contribution in [0.5, 0.6) is 5.88 Å². The molecule has 1 aromatic rings. The summed E-state index contributed by atoms with van der Waals surface area (Å²) in [7, 11) is 0. The summed E-state index contributed by atoms with van der Waals surface area (Å²) in [6.07, 6.45) is 5.79. The zero-order valence-corrected chi connectivity index (χ0v) is 10.3. The van der Waals surface area contributed by atoms with Gasteiger partial charge in [-0.1, -0.05) is 12.5 Å². The highest BCUT2D eigenvalue weighted by Crippen LogP contribution is 2.09. The number of nitrogens with zero attached hydrogens (tertiary/aromatic N) is 2. The van der Waals surface area contributed by atoms with Crippen LogP contribution in [-0.4, -0.2) is 36.1 Å². The second-order valence-corrected chi connectivity index (χ2v) is 4.46. The molecule has 4 nitrogen and oxygen atoms in total. The van der Waals surface area contributed by atoms with E-state index in [0.717, 1.165) is 18.7 Å². The molecule has 1 fully saturated rings. The third kappa shape index (κ3) is 3.98. The minimum atomic E-state index is 0.529. The van der Waals surface area contributed by atoms with Crippen LogP contribution in [0.4, 0.5) is 0 Å². The Balaban J connectivity index is 1.69. The smallest absolute Gasteiger partial charge is 0.213 e. The second-order valence-electron chi connectivity index (χ2n) is 4.46. The van der Waals surface area contributed by atoms with Crippen LogP contribution in [-0.2, 0) is 6.54 Å². The summed E-state index contributed by atoms with van der Waals surface area (Å²) in [5, 5.41) is 0. The summed E-state index contributed by atoms with van der Waals surface area (Å²) in [6, 6.07) is 3.85. The van der Waals surface area contributed by atoms with Gasteiger partial charge in [0, 0.05) is 25.4 Å². The maximum Gasteiger partial charge on any atom is 0.213 e. The highest BCUT2D eigenvalue weighted by molar-refractivity contribution is 5.17. The molecule has 2 N–H and O–H groups in total. The minimum Gasteiger partial charge on any atom is -0.476 e. The van der Waals surface area contributed by atoms with Gasteiger partial charge in [-0.15, -0.1) is 0 Å². The van der Waals surface area contributed by atoms with Crippen molar-refractivity contribution in [3.63, 3.8) is 0 Å². The van der Waals surface area contributed by atoms with Crippen LogP contribution >= 0.6 is 0 Å². The predicted octanol–water partition coefficient (Wildman–Crippen LogP) is 1.40. The molecule has 1 aromatic heterocycles. The van der Waals surface area contributed by atoms with E-state index >= 15 is 0 Å². The summed E-state index contributed by atoms with van der Waals surface area (Å²) in [6.45, 7) is 4.67. The fourth-order valence-electron chi connectivity index (χ4n) is 2.08. The number of piperidine rings is 1. The molecule has 0 aliphatic carbocycles. The lowest BCUT2D eigenvalue weighted by Crippen LogP contribution is -2.33. The number of pyridine rings is 1. The molecule has 1 aliphatic heterocycles. The zero-order chi connectivity index (χ0) is 11.9. The molecule has 1 aliphatic rings. The number of rotatable bonds is 5. The number of likely N-dealkylation sites (tertiary alicyclic amines) is 1. The maximum absolute atomic E-state index is 5.61. The van der Waals surface area contributed by atoms with E-state index < -0.39 is 0 Å². The first-order valence-electron chi connectivity index (χ1n) is 6.38. The van der Waals surface area contributed by atoms with Crippen LogP contribution in [0.2, 0.25) is 0 Å². The molecular weight excluding hydrogens is 214 g/mol. The van der Waals surface area contributed by atoms with E-state index in [9.17, 15) is 0 Å². The Morgan fingerprint density at radius 2 is 2.06 bits per heavy atom. The van der Waals surface area contributed by atoms with Gasteiger partial charge in [0.1, 0.15) is 6.61 Å². The average Bonchev–Trinajstić information content (AvgIpc) is 2.41. The van der Waals surface area contributed by atoms with Gasteiger partial charge in [0.15, 0.2) is 0 Å². The first-order chi connectivity index (χ1) is 8.38. The predicted molar refractivity (Wildman–Crippen MR) is 67.9 cm³/mol. The summed E-state index contributed by atoms with van der Waals surface area (Å²) < 4.78 is 5.61. The lowest BCUT2D eigenvalue weighted by molar-refractivity contribution is 0.180. The van der Waals surface area contributed by atoms with E-state index in [2.05, 4.69) is 9.88 Å². The first-order valence-corrected chi connectivity index (χ1v) is 6.38. The molecule has 0 aromatic carbocycles. The van der Waals surface area contributed by atoms with Crippen molar-refractivity contribution in [3.8, 4) is 5.88 Å². The molecule has 17 heavy (non-hydrogen) atoms. The molecule has 0 amide bonds. The van der Waals surface area contributed by atoms with Crippen molar-refractivity contribution < 1.29 is 4.74 Å². The quantitative estimate of drug-likeness (QED) is 0.838. The van der Waals surface area contributed by atoms with Crippen molar-refractivity contribution in [2.45, 2.75) is 25.8 Å². The Morgan fingerprint density at radius 1 is 1.24 bits per heavy atom. The van der Waals surface area contributed by atoms with Crippen molar-refractivity contribution in [3.05, 3.63) is 23.9 Å². The Kier molecular flexibility index (Phi) is 4.76. The highest BCUT2D eigenvalue weighted by Gasteiger charge is 2.09. The largest absolute Gasteiger partial charge is 0.476 e. The Hall–Kier alpha value is -1.13. The summed E-state index contributed by atoms with van der Waals surface area (Å²) >= 11 is 0. The van der Waals surface area contributed by atoms with E-state index in [-0.39, 0.29) is 0 Å². The second kappa shape index (κ2) is 6.57. The van der Waals surface area contributed by atoms with Crippen LogP contribution in [0.3, 0.4) is 0 Å². The van der Waals surface area contributed by atoms with Crippen molar-refractivity contribution in [1.29, 1.82) is 0 Å². The van der Waals surface area contributed by atoms with Gasteiger partial charge in [0.25, 0.3) is 0 Å². The Labute approximate surface area is 103 Å². The van der Waals surface area contributed by atoms with Gasteiger partial charge < -0.3 is 10.5 Å². The molecule has 1 saturated heterocycles. The van der Waals surface area contributed by atoms with E-state index in [0.29, 0.717) is 12.4 Å². The highest BCUT2D eigenvalue weighted by atomic mass is 16.5. The molecule has 2 rings (SSSR count). The van der Waals surface area contributed by atoms with Crippen LogP contribution in [0, 0.1) is 0 Å². The van der Waals surface area contributed by atoms with Gasteiger partial charge in [0.05, 0.1) is 0 Å². The van der Waals surface area contributed by atoms with Crippen molar-refractivity contribution in [1.82, 2.24) is 9.88 Å². The molecule has 0 radical (unpaired) electrons. The molecule has 0 spiro atoms. The van der Waals surface area contributed by atoms with Crippen molar-refractivity contribution in [2.75, 3.05) is 26.2 Å². The summed E-state index contributed by atoms with van der Waals surface area (Å²) in [4.78, 5) is 6.67. The van der Waals surface area contributed by atoms with Gasteiger partial charge in [-0.25, -0.2) is 4.98 Å². The monoisotopic (exact) mass is 235 g/mol. The SMILES string of the molecule is NCc1ccc(OCCN2CCCCC2)nc1. The standard InChI is InChI=1S/C13H21N3O/c14-10-12-4-5-13(15-11-12)17-9-8-16-6-2-1-3-7-16/h4-5,11H,1-3,6-10,14H2. The van der Waals surface area contributed by atoms with Crippen LogP contribution < -0.4 is 10.5 Å². The Morgan fingerprint density at radius 3 is 2.71 bits per heavy atom. The zero-order valence-electron chi connectivity index (χ0n) is 10.3. The molecular formula is C13H21N3O. The maximum atomic E-state index is 5.61. The number of ether oxygens (including phenoxy) is 1. The van der Waals surface area contributed by atoms with E-state index in [1.807, 2.05) is 12.1 Å². The minimum absolute atomic E-state index is 0.529. The van der Waals surface area contributed by atoms with Gasteiger partial charge >= 0.3 is 0 Å². The first kappa shape index (κ1) is 12.3. The molecule has 4 heteroatoms. The fraction of sp³-hybridized carbons (Fsp3) is 0.615. The van der Waals surface area contributed by atoms with E-state index in [1.165, 1.54) is 32.4 Å². The third-order valence-electron chi connectivity index (χ3n) is 3.14. The third-order valence-corrected chi connectivity index (χ3v) is 3.14. The molecule has 0 atom stereocenters. The molecule has 0 bridgehead atoms. The molecule has 94 valence electrons. The van der Waals surface area contributed by atoms with Gasteiger partial charge in [-0.05, 0) is 31.5 Å². The van der Waals surface area contributed by atoms with Crippen LogP contribution in [0.25, 0.3) is 0 Å². The van der Waals surface area contributed by atoms with Gasteiger partial charge in [-0.3, -0.25) is 4.90 Å². The lowest BCUT2D eigenvalue weighted by atomic mass is 10.1. The van der Waals surface area contributed by atoms with E-state index in [1.54, 1.807) is 6.20 Å². The van der Waals surface area contributed by atoms with Gasteiger partial charge in [-0.2, -0.15) is 0 Å². The van der Waals surface area contributed by atoms with Crippen LogP contribution in [0.15, 0.2) is 18.3 Å². The molecule has 0 saturated carbocycles. The average molecular weight is 235 g/mol. The lowest BCUT2D eigenvalue weighted by Gasteiger charge is -2.25. The Bertz CT molecular complexity index is 320. The number of hydrogen-bond donors (Lipinski definition) is 1. The summed E-state index contributed by atoms with van der Waals surface area (Å²) in [5.74, 6) is 0.694. The van der Waals surface area contributed by atoms with Gasteiger partial charge in [0.2, 0.25) is 5.88 Å².